The standard InChI is InChI=1S/C21H24N2O3S/c1-15-6-3-4-7-17(15)13-23-18-12-16(21(25)22-10-5-11-26-2)8-9-19(18)27-14-20(23)24/h3-4,6-9,12H,5,10-11,13-14H2,1-2H3,(H,22,25). The van der Waals surface area contributed by atoms with Crippen molar-refractivity contribution in [3.05, 3.63) is 59.2 Å². The number of aryl methyl sites for hydroxylation is 1. The van der Waals surface area contributed by atoms with Crippen molar-refractivity contribution in [1.29, 1.82) is 0 Å². The van der Waals surface area contributed by atoms with Crippen molar-refractivity contribution < 1.29 is 14.3 Å². The summed E-state index contributed by atoms with van der Waals surface area (Å²) in [5.74, 6) is 0.350. The topological polar surface area (TPSA) is 58.6 Å². The maximum Gasteiger partial charge on any atom is 0.251 e. The molecule has 0 aliphatic carbocycles. The van der Waals surface area contributed by atoms with Gasteiger partial charge >= 0.3 is 0 Å². The second kappa shape index (κ2) is 9.06. The number of hydrogen-bond donors (Lipinski definition) is 1. The summed E-state index contributed by atoms with van der Waals surface area (Å²) in [6.45, 7) is 3.73. The highest BCUT2D eigenvalue weighted by molar-refractivity contribution is 8.00. The van der Waals surface area contributed by atoms with Gasteiger partial charge in [0.15, 0.2) is 0 Å². The van der Waals surface area contributed by atoms with Gasteiger partial charge in [0, 0.05) is 30.7 Å². The molecular weight excluding hydrogens is 360 g/mol. The Balaban J connectivity index is 1.81. The molecule has 1 aliphatic rings. The van der Waals surface area contributed by atoms with Gasteiger partial charge in [-0.25, -0.2) is 0 Å². The monoisotopic (exact) mass is 384 g/mol. The van der Waals surface area contributed by atoms with Crippen molar-refractivity contribution in [1.82, 2.24) is 5.32 Å². The van der Waals surface area contributed by atoms with E-state index in [0.717, 1.165) is 28.1 Å². The van der Waals surface area contributed by atoms with Gasteiger partial charge in [0.2, 0.25) is 5.91 Å². The first kappa shape index (κ1) is 19.5. The molecule has 2 amide bonds. The third-order valence-corrected chi connectivity index (χ3v) is 5.61. The van der Waals surface area contributed by atoms with E-state index in [2.05, 4.69) is 5.32 Å². The van der Waals surface area contributed by atoms with Crippen LogP contribution >= 0.6 is 11.8 Å². The van der Waals surface area contributed by atoms with Gasteiger partial charge in [0.05, 0.1) is 18.0 Å². The van der Waals surface area contributed by atoms with Crippen LogP contribution in [0.5, 0.6) is 0 Å². The van der Waals surface area contributed by atoms with E-state index in [1.54, 1.807) is 12.0 Å². The maximum absolute atomic E-state index is 12.6. The van der Waals surface area contributed by atoms with Crippen LogP contribution in [0.4, 0.5) is 5.69 Å². The second-order valence-corrected chi connectivity index (χ2v) is 7.50. The normalized spacial score (nSPS) is 13.4. The Bertz CT molecular complexity index is 838. The van der Waals surface area contributed by atoms with Crippen molar-refractivity contribution in [3.8, 4) is 0 Å². The Kier molecular flexibility index (Phi) is 6.53. The molecule has 2 aromatic carbocycles. The predicted molar refractivity (Wildman–Crippen MR) is 108 cm³/mol. The van der Waals surface area contributed by atoms with E-state index in [4.69, 9.17) is 4.74 Å². The smallest absolute Gasteiger partial charge is 0.251 e. The lowest BCUT2D eigenvalue weighted by molar-refractivity contribution is -0.116. The molecule has 1 aliphatic heterocycles. The minimum Gasteiger partial charge on any atom is -0.385 e. The summed E-state index contributed by atoms with van der Waals surface area (Å²) in [5, 5.41) is 2.90. The van der Waals surface area contributed by atoms with Crippen LogP contribution in [-0.2, 0) is 16.1 Å². The number of carbonyl (C=O) groups is 2. The fourth-order valence-corrected chi connectivity index (χ4v) is 3.91. The lowest BCUT2D eigenvalue weighted by Gasteiger charge is -2.30. The molecule has 27 heavy (non-hydrogen) atoms. The van der Waals surface area contributed by atoms with E-state index in [1.807, 2.05) is 49.4 Å². The molecule has 0 spiro atoms. The van der Waals surface area contributed by atoms with E-state index in [9.17, 15) is 9.59 Å². The Morgan fingerprint density at radius 3 is 2.85 bits per heavy atom. The van der Waals surface area contributed by atoms with Gasteiger partial charge < -0.3 is 15.0 Å². The molecule has 1 N–H and O–H groups in total. The molecule has 0 unspecified atom stereocenters. The third kappa shape index (κ3) is 4.70. The van der Waals surface area contributed by atoms with Crippen LogP contribution < -0.4 is 10.2 Å². The lowest BCUT2D eigenvalue weighted by Crippen LogP contribution is -2.35. The second-order valence-electron chi connectivity index (χ2n) is 6.48. The molecule has 1 heterocycles. The number of anilines is 1. The first-order valence-corrected chi connectivity index (χ1v) is 9.97. The highest BCUT2D eigenvalue weighted by atomic mass is 32.2. The van der Waals surface area contributed by atoms with E-state index in [0.29, 0.717) is 31.0 Å². The average Bonchev–Trinajstić information content (AvgIpc) is 2.68. The molecule has 6 heteroatoms. The van der Waals surface area contributed by atoms with E-state index >= 15 is 0 Å². The molecule has 0 aromatic heterocycles. The largest absolute Gasteiger partial charge is 0.385 e. The summed E-state index contributed by atoms with van der Waals surface area (Å²) < 4.78 is 5.00. The highest BCUT2D eigenvalue weighted by Crippen LogP contribution is 2.37. The van der Waals surface area contributed by atoms with Gasteiger partial charge in [-0.1, -0.05) is 24.3 Å². The van der Waals surface area contributed by atoms with E-state index in [-0.39, 0.29) is 11.8 Å². The Labute approximate surface area is 164 Å². The van der Waals surface area contributed by atoms with E-state index < -0.39 is 0 Å². The molecule has 3 rings (SSSR count). The van der Waals surface area contributed by atoms with Crippen LogP contribution in [0.3, 0.4) is 0 Å². The van der Waals surface area contributed by atoms with Gasteiger partial charge in [-0.2, -0.15) is 0 Å². The van der Waals surface area contributed by atoms with Gasteiger partial charge in [-0.05, 0) is 42.7 Å². The predicted octanol–water partition coefficient (Wildman–Crippen LogP) is 3.40. The quantitative estimate of drug-likeness (QED) is 0.744. The van der Waals surface area contributed by atoms with Crippen molar-refractivity contribution >= 4 is 29.3 Å². The maximum atomic E-state index is 12.6. The fourth-order valence-electron chi connectivity index (χ4n) is 3.00. The summed E-state index contributed by atoms with van der Waals surface area (Å²) in [7, 11) is 1.64. The van der Waals surface area contributed by atoms with Crippen LogP contribution in [0.25, 0.3) is 0 Å². The number of thioether (sulfide) groups is 1. The van der Waals surface area contributed by atoms with Gasteiger partial charge in [0.1, 0.15) is 0 Å². The average molecular weight is 385 g/mol. The van der Waals surface area contributed by atoms with Crippen molar-refractivity contribution in [3.63, 3.8) is 0 Å². The number of fused-ring (bicyclic) bond motifs is 1. The van der Waals surface area contributed by atoms with Crippen LogP contribution in [-0.4, -0.2) is 37.8 Å². The van der Waals surface area contributed by atoms with Crippen LogP contribution in [0.1, 0.15) is 27.9 Å². The number of nitrogens with zero attached hydrogens (tertiary/aromatic N) is 1. The highest BCUT2D eigenvalue weighted by Gasteiger charge is 2.26. The Hall–Kier alpha value is -2.31. The summed E-state index contributed by atoms with van der Waals surface area (Å²) in [6.07, 6.45) is 0.765. The summed E-state index contributed by atoms with van der Waals surface area (Å²) in [6, 6.07) is 13.6. The van der Waals surface area contributed by atoms with Gasteiger partial charge in [-0.3, -0.25) is 9.59 Å². The molecule has 0 bridgehead atoms. The number of ether oxygens (including phenoxy) is 1. The number of nitrogens with one attached hydrogen (secondary N) is 1. The van der Waals surface area contributed by atoms with Crippen LogP contribution in [0.2, 0.25) is 0 Å². The summed E-state index contributed by atoms with van der Waals surface area (Å²) in [4.78, 5) is 27.8. The fraction of sp³-hybridized carbons (Fsp3) is 0.333. The zero-order chi connectivity index (χ0) is 19.2. The first-order valence-electron chi connectivity index (χ1n) is 8.99. The number of amides is 2. The molecule has 2 aromatic rings. The van der Waals surface area contributed by atoms with Crippen molar-refractivity contribution in [2.75, 3.05) is 30.9 Å². The molecule has 0 saturated heterocycles. The number of rotatable bonds is 7. The van der Waals surface area contributed by atoms with Gasteiger partial charge in [0.25, 0.3) is 5.91 Å². The molecule has 5 nitrogen and oxygen atoms in total. The number of hydrogen-bond acceptors (Lipinski definition) is 4. The van der Waals surface area contributed by atoms with E-state index in [1.165, 1.54) is 11.8 Å². The minimum absolute atomic E-state index is 0.0633. The van der Waals surface area contributed by atoms with Crippen molar-refractivity contribution in [2.24, 2.45) is 0 Å². The zero-order valence-electron chi connectivity index (χ0n) is 15.7. The third-order valence-electron chi connectivity index (χ3n) is 4.56. The molecule has 142 valence electrons. The van der Waals surface area contributed by atoms with Crippen LogP contribution in [0, 0.1) is 6.92 Å². The number of methoxy groups -OCH3 is 1. The SMILES string of the molecule is COCCCNC(=O)c1ccc2c(c1)N(Cc1ccccc1C)C(=O)CS2. The zero-order valence-corrected chi connectivity index (χ0v) is 16.5. The Morgan fingerprint density at radius 2 is 2.07 bits per heavy atom. The summed E-state index contributed by atoms with van der Waals surface area (Å²) >= 11 is 1.52. The number of benzene rings is 2. The Morgan fingerprint density at radius 1 is 1.26 bits per heavy atom. The lowest BCUT2D eigenvalue weighted by atomic mass is 10.1. The molecular formula is C21H24N2O3S. The minimum atomic E-state index is -0.132. The number of carbonyl (C=O) groups excluding carboxylic acids is 2. The first-order chi connectivity index (χ1) is 13.1. The summed E-state index contributed by atoms with van der Waals surface area (Å²) in [5.41, 5.74) is 3.63. The molecule has 0 saturated carbocycles. The van der Waals surface area contributed by atoms with Crippen molar-refractivity contribution in [2.45, 2.75) is 24.8 Å². The molecule has 0 radical (unpaired) electrons. The molecule has 0 fully saturated rings. The van der Waals surface area contributed by atoms with Gasteiger partial charge in [-0.15, -0.1) is 11.8 Å². The molecule has 0 atom stereocenters. The van der Waals surface area contributed by atoms with Crippen LogP contribution in [0.15, 0.2) is 47.4 Å².